The van der Waals surface area contributed by atoms with Crippen molar-refractivity contribution in [3.63, 3.8) is 0 Å². The van der Waals surface area contributed by atoms with Crippen LogP contribution in [0, 0.1) is 5.41 Å². The molecule has 2 unspecified atom stereocenters. The largest absolute Gasteiger partial charge is 0.495 e. The molecule has 2 saturated carbocycles. The van der Waals surface area contributed by atoms with Gasteiger partial charge in [0.2, 0.25) is 0 Å². The van der Waals surface area contributed by atoms with Crippen molar-refractivity contribution in [2.75, 3.05) is 19.0 Å². The van der Waals surface area contributed by atoms with E-state index in [9.17, 15) is 0 Å². The minimum absolute atomic E-state index is 0.357. The van der Waals surface area contributed by atoms with E-state index < -0.39 is 0 Å². The van der Waals surface area contributed by atoms with Gasteiger partial charge in [0.25, 0.3) is 0 Å². The Bertz CT molecular complexity index is 531. The molecule has 1 N–H and O–H groups in total. The second kappa shape index (κ2) is 6.09. The lowest BCUT2D eigenvalue weighted by Crippen LogP contribution is -2.64. The van der Waals surface area contributed by atoms with Crippen molar-refractivity contribution in [1.82, 2.24) is 0 Å². The fourth-order valence-corrected chi connectivity index (χ4v) is 4.89. The lowest BCUT2D eigenvalue weighted by Gasteiger charge is -2.61. The van der Waals surface area contributed by atoms with Gasteiger partial charge in [0.05, 0.1) is 23.4 Å². The topological polar surface area (TPSA) is 30.5 Å². The van der Waals surface area contributed by atoms with E-state index in [1.165, 1.54) is 19.3 Å². The lowest BCUT2D eigenvalue weighted by molar-refractivity contribution is -0.157. The van der Waals surface area contributed by atoms with Crippen molar-refractivity contribution in [2.45, 2.75) is 44.8 Å². The van der Waals surface area contributed by atoms with Crippen LogP contribution in [-0.2, 0) is 4.74 Å². The first-order chi connectivity index (χ1) is 10.1. The van der Waals surface area contributed by atoms with Crippen LogP contribution in [0.5, 0.6) is 5.75 Å². The average molecular weight is 419 g/mol. The summed E-state index contributed by atoms with van der Waals surface area (Å²) in [5.74, 6) is 0.851. The molecule has 1 spiro atoms. The molecule has 1 aromatic rings. The Morgan fingerprint density at radius 1 is 1.29 bits per heavy atom. The van der Waals surface area contributed by atoms with E-state index in [1.807, 2.05) is 6.07 Å². The monoisotopic (exact) mass is 417 g/mol. The number of rotatable bonds is 5. The fraction of sp³-hybridized carbons (Fsp3) is 0.625. The predicted molar refractivity (Wildman–Crippen MR) is 92.1 cm³/mol. The summed E-state index contributed by atoms with van der Waals surface area (Å²) in [6, 6.07) is 4.59. The van der Waals surface area contributed by atoms with Gasteiger partial charge in [0.1, 0.15) is 5.75 Å². The lowest BCUT2D eigenvalue weighted by atomic mass is 9.51. The van der Waals surface area contributed by atoms with Crippen molar-refractivity contribution in [1.29, 1.82) is 0 Å². The molecule has 0 aromatic heterocycles. The summed E-state index contributed by atoms with van der Waals surface area (Å²) in [4.78, 5) is 0. The molecule has 2 atom stereocenters. The minimum atomic E-state index is 0.357. The Labute approximate surface area is 143 Å². The van der Waals surface area contributed by atoms with Crippen molar-refractivity contribution in [3.05, 3.63) is 21.1 Å². The molecule has 3 nitrogen and oxygen atoms in total. The Morgan fingerprint density at radius 2 is 2.05 bits per heavy atom. The summed E-state index contributed by atoms with van der Waals surface area (Å²) in [5.41, 5.74) is 1.46. The van der Waals surface area contributed by atoms with E-state index in [0.717, 1.165) is 33.4 Å². The molecule has 0 radical (unpaired) electrons. The van der Waals surface area contributed by atoms with Crippen LogP contribution in [0.1, 0.15) is 32.6 Å². The van der Waals surface area contributed by atoms with Crippen molar-refractivity contribution in [3.8, 4) is 5.75 Å². The molecule has 2 fully saturated rings. The third-order valence-corrected chi connectivity index (χ3v) is 6.28. The molecule has 0 bridgehead atoms. The number of anilines is 1. The van der Waals surface area contributed by atoms with Crippen LogP contribution in [0.2, 0.25) is 0 Å². The van der Waals surface area contributed by atoms with Gasteiger partial charge in [-0.05, 0) is 64.1 Å². The zero-order valence-corrected chi connectivity index (χ0v) is 15.6. The Morgan fingerprint density at radius 3 is 2.62 bits per heavy atom. The minimum Gasteiger partial charge on any atom is -0.495 e. The first-order valence-electron chi connectivity index (χ1n) is 7.52. The summed E-state index contributed by atoms with van der Waals surface area (Å²) >= 11 is 7.15. The predicted octanol–water partition coefficient (Wildman–Crippen LogP) is 4.98. The first kappa shape index (κ1) is 15.6. The number of benzene rings is 1. The third kappa shape index (κ3) is 2.62. The first-order valence-corrected chi connectivity index (χ1v) is 9.10. The van der Waals surface area contributed by atoms with Gasteiger partial charge in [-0.1, -0.05) is 6.42 Å². The van der Waals surface area contributed by atoms with Gasteiger partial charge in [-0.25, -0.2) is 0 Å². The fourth-order valence-electron chi connectivity index (χ4n) is 3.62. The normalized spacial score (nSPS) is 26.1. The zero-order chi connectivity index (χ0) is 15.0. The highest BCUT2D eigenvalue weighted by molar-refractivity contribution is 9.11. The molecule has 2 aliphatic carbocycles. The van der Waals surface area contributed by atoms with Gasteiger partial charge < -0.3 is 14.8 Å². The summed E-state index contributed by atoms with van der Waals surface area (Å²) in [7, 11) is 1.69. The van der Waals surface area contributed by atoms with E-state index in [2.05, 4.69) is 50.2 Å². The molecule has 3 rings (SSSR count). The van der Waals surface area contributed by atoms with Gasteiger partial charge in [-0.3, -0.25) is 0 Å². The second-order valence-corrected chi connectivity index (χ2v) is 7.64. The van der Waals surface area contributed by atoms with Crippen LogP contribution in [0.25, 0.3) is 0 Å². The number of halogens is 2. The molecule has 0 saturated heterocycles. The van der Waals surface area contributed by atoms with Crippen molar-refractivity contribution >= 4 is 37.5 Å². The maximum atomic E-state index is 5.91. The van der Waals surface area contributed by atoms with E-state index in [4.69, 9.17) is 9.47 Å². The van der Waals surface area contributed by atoms with Crippen molar-refractivity contribution in [2.24, 2.45) is 5.41 Å². The quantitative estimate of drug-likeness (QED) is 0.731. The molecule has 0 amide bonds. The summed E-state index contributed by atoms with van der Waals surface area (Å²) < 4.78 is 13.3. The molecule has 1 aromatic carbocycles. The Hall–Kier alpha value is -0.260. The highest BCUT2D eigenvalue weighted by Gasteiger charge is 2.58. The Balaban J connectivity index is 1.76. The molecule has 5 heteroatoms. The number of methoxy groups -OCH3 is 1. The second-order valence-electron chi connectivity index (χ2n) is 5.93. The SMILES string of the molecule is CCOC1CC(Nc2cc(OC)c(Br)cc2Br)C12CCC2. The number of hydrogen-bond acceptors (Lipinski definition) is 3. The highest BCUT2D eigenvalue weighted by Crippen LogP contribution is 2.58. The van der Waals surface area contributed by atoms with Gasteiger partial charge in [-0.15, -0.1) is 0 Å². The smallest absolute Gasteiger partial charge is 0.135 e. The van der Waals surface area contributed by atoms with Crippen LogP contribution in [-0.4, -0.2) is 25.9 Å². The van der Waals surface area contributed by atoms with E-state index in [0.29, 0.717) is 17.6 Å². The highest BCUT2D eigenvalue weighted by atomic mass is 79.9. The van der Waals surface area contributed by atoms with Crippen LogP contribution < -0.4 is 10.1 Å². The number of nitrogens with one attached hydrogen (secondary N) is 1. The maximum absolute atomic E-state index is 5.91. The number of ether oxygens (including phenoxy) is 2. The van der Waals surface area contributed by atoms with Gasteiger partial charge in [-0.2, -0.15) is 0 Å². The summed E-state index contributed by atoms with van der Waals surface area (Å²) in [5, 5.41) is 3.70. The van der Waals surface area contributed by atoms with Crippen molar-refractivity contribution < 1.29 is 9.47 Å². The van der Waals surface area contributed by atoms with Gasteiger partial charge in [0.15, 0.2) is 0 Å². The molecule has 0 heterocycles. The van der Waals surface area contributed by atoms with Gasteiger partial charge in [0, 0.05) is 28.6 Å². The molecular weight excluding hydrogens is 398 g/mol. The number of hydrogen-bond donors (Lipinski definition) is 1. The standard InChI is InChI=1S/C16H21Br2NO2/c1-3-21-15-9-14(16(15)5-4-6-16)19-12-8-13(20-2)11(18)7-10(12)17/h7-8,14-15,19H,3-6,9H2,1-2H3. The third-order valence-electron chi connectivity index (χ3n) is 5.01. The van der Waals surface area contributed by atoms with Gasteiger partial charge >= 0.3 is 0 Å². The zero-order valence-electron chi connectivity index (χ0n) is 12.4. The molecular formula is C16H21Br2NO2. The van der Waals surface area contributed by atoms with E-state index >= 15 is 0 Å². The Kier molecular flexibility index (Phi) is 4.53. The van der Waals surface area contributed by atoms with Crippen LogP contribution in [0.15, 0.2) is 21.1 Å². The summed E-state index contributed by atoms with van der Waals surface area (Å²) in [6.45, 7) is 2.90. The molecule has 2 aliphatic rings. The van der Waals surface area contributed by atoms with Crippen LogP contribution >= 0.6 is 31.9 Å². The maximum Gasteiger partial charge on any atom is 0.135 e. The molecule has 0 aliphatic heterocycles. The molecule has 21 heavy (non-hydrogen) atoms. The average Bonchev–Trinajstić information content (AvgIpc) is 2.38. The summed E-state index contributed by atoms with van der Waals surface area (Å²) in [6.07, 6.45) is 5.41. The molecule has 116 valence electrons. The van der Waals surface area contributed by atoms with Crippen LogP contribution in [0.3, 0.4) is 0 Å². The van der Waals surface area contributed by atoms with Crippen LogP contribution in [0.4, 0.5) is 5.69 Å². The van der Waals surface area contributed by atoms with E-state index in [-0.39, 0.29) is 0 Å². The van der Waals surface area contributed by atoms with E-state index in [1.54, 1.807) is 7.11 Å².